The second-order valence-corrected chi connectivity index (χ2v) is 8.82. The Morgan fingerprint density at radius 2 is 1.69 bits per heavy atom. The van der Waals surface area contributed by atoms with Crippen LogP contribution in [0.1, 0.15) is 26.3 Å². The van der Waals surface area contributed by atoms with Crippen molar-refractivity contribution in [2.24, 2.45) is 5.92 Å². The first-order valence-electron chi connectivity index (χ1n) is 10.6. The number of rotatable bonds is 3. The molecule has 0 saturated carbocycles. The Kier molecular flexibility index (Phi) is 4.74. The maximum absolute atomic E-state index is 12.8. The highest BCUT2D eigenvalue weighted by Gasteiger charge is 2.56. The molecule has 32 heavy (non-hydrogen) atoms. The van der Waals surface area contributed by atoms with E-state index < -0.39 is 35.9 Å². The van der Waals surface area contributed by atoms with E-state index in [1.165, 1.54) is 0 Å². The molecule has 5 rings (SSSR count). The number of carbonyl (C=O) groups is 1. The van der Waals surface area contributed by atoms with Crippen molar-refractivity contribution in [1.29, 1.82) is 0 Å². The smallest absolute Gasteiger partial charge is 0.461 e. The lowest BCUT2D eigenvalue weighted by molar-refractivity contribution is -0.260. The molecule has 2 aromatic carbocycles. The molecule has 2 fully saturated rings. The third kappa shape index (κ3) is 3.33. The van der Waals surface area contributed by atoms with Crippen molar-refractivity contribution in [3.63, 3.8) is 0 Å². The minimum absolute atomic E-state index is 0.0764. The Balaban J connectivity index is 1.49. The fraction of sp³-hybridized carbons (Fsp3) is 0.360. The molecule has 166 valence electrons. The fourth-order valence-corrected chi connectivity index (χ4v) is 4.42. The first-order valence-corrected chi connectivity index (χ1v) is 10.6. The quantitative estimate of drug-likeness (QED) is 0.430. The third-order valence-electron chi connectivity index (χ3n) is 6.52. The van der Waals surface area contributed by atoms with Crippen molar-refractivity contribution >= 4 is 17.1 Å². The average molecular weight is 436 g/mol. The Morgan fingerprint density at radius 3 is 2.44 bits per heavy atom. The predicted octanol–water partition coefficient (Wildman–Crippen LogP) is 4.82. The maximum atomic E-state index is 12.8. The lowest BCUT2D eigenvalue weighted by atomic mass is 9.82. The summed E-state index contributed by atoms with van der Waals surface area (Å²) in [6, 6.07) is 14.7. The van der Waals surface area contributed by atoms with E-state index in [0.717, 1.165) is 16.5 Å². The van der Waals surface area contributed by atoms with Gasteiger partial charge in [-0.05, 0) is 44.0 Å². The molecule has 7 nitrogen and oxygen atoms in total. The van der Waals surface area contributed by atoms with Gasteiger partial charge in [-0.15, -0.1) is 0 Å². The molecule has 0 bridgehead atoms. The first kappa shape index (κ1) is 20.6. The number of hydrogen-bond acceptors (Lipinski definition) is 7. The summed E-state index contributed by atoms with van der Waals surface area (Å²) in [6.07, 6.45) is -2.73. The van der Waals surface area contributed by atoms with Gasteiger partial charge in [0.1, 0.15) is 11.3 Å². The summed E-state index contributed by atoms with van der Waals surface area (Å²) in [6.45, 7) is 7.69. The zero-order valence-electron chi connectivity index (χ0n) is 18.3. The molecule has 3 heterocycles. The summed E-state index contributed by atoms with van der Waals surface area (Å²) in [7, 11) is 0. The van der Waals surface area contributed by atoms with Gasteiger partial charge in [0, 0.05) is 17.4 Å². The second kappa shape index (κ2) is 7.38. The van der Waals surface area contributed by atoms with E-state index in [0.29, 0.717) is 16.9 Å². The highest BCUT2D eigenvalue weighted by Crippen LogP contribution is 2.41. The van der Waals surface area contributed by atoms with Crippen LogP contribution in [0.15, 0.2) is 57.7 Å². The normalized spacial score (nSPS) is 26.3. The molecule has 4 atom stereocenters. The van der Waals surface area contributed by atoms with E-state index in [1.54, 1.807) is 12.1 Å². The third-order valence-corrected chi connectivity index (χ3v) is 6.52. The number of carbonyl (C=O) groups excluding carboxylic acids is 1. The van der Waals surface area contributed by atoms with E-state index in [4.69, 9.17) is 23.4 Å². The Morgan fingerprint density at radius 1 is 0.969 bits per heavy atom. The molecule has 2 saturated heterocycles. The Bertz CT molecular complexity index is 1240. The van der Waals surface area contributed by atoms with E-state index in [-0.39, 0.29) is 5.92 Å². The summed E-state index contributed by atoms with van der Waals surface area (Å²) in [5.41, 5.74) is 1.57. The summed E-state index contributed by atoms with van der Waals surface area (Å²) in [5, 5.41) is 0.808. The summed E-state index contributed by atoms with van der Waals surface area (Å²) in [5.74, 6) is 0.358. The van der Waals surface area contributed by atoms with Gasteiger partial charge in [-0.3, -0.25) is 0 Å². The highest BCUT2D eigenvalue weighted by molar-refractivity contribution is 5.87. The second-order valence-electron chi connectivity index (χ2n) is 8.82. The SMILES string of the molecule is Cc1c(-c2ccccc2)c(=O)oc2cc(OC3OC(C)(C)[C@H](C)[C@H]4OC(=O)O[C@H]34)ccc12. The highest BCUT2D eigenvalue weighted by atomic mass is 16.8. The lowest BCUT2D eigenvalue weighted by Gasteiger charge is -2.44. The van der Waals surface area contributed by atoms with Crippen molar-refractivity contribution in [3.8, 4) is 16.9 Å². The van der Waals surface area contributed by atoms with Crippen molar-refractivity contribution in [2.45, 2.75) is 51.8 Å². The van der Waals surface area contributed by atoms with Gasteiger partial charge in [0.25, 0.3) is 0 Å². The predicted molar refractivity (Wildman–Crippen MR) is 117 cm³/mol. The van der Waals surface area contributed by atoms with Crippen LogP contribution in [0.4, 0.5) is 4.79 Å². The number of fused-ring (bicyclic) bond motifs is 2. The van der Waals surface area contributed by atoms with Gasteiger partial charge in [-0.25, -0.2) is 9.59 Å². The van der Waals surface area contributed by atoms with Crippen LogP contribution in [-0.4, -0.2) is 30.3 Å². The van der Waals surface area contributed by atoms with E-state index in [9.17, 15) is 9.59 Å². The molecule has 0 radical (unpaired) electrons. The van der Waals surface area contributed by atoms with E-state index in [1.807, 2.05) is 64.1 Å². The zero-order chi connectivity index (χ0) is 22.6. The van der Waals surface area contributed by atoms with E-state index in [2.05, 4.69) is 0 Å². The van der Waals surface area contributed by atoms with Crippen molar-refractivity contribution in [2.75, 3.05) is 0 Å². The molecule has 2 aliphatic rings. The van der Waals surface area contributed by atoms with Crippen LogP contribution in [0.3, 0.4) is 0 Å². The van der Waals surface area contributed by atoms with Crippen LogP contribution < -0.4 is 10.4 Å². The standard InChI is InChI=1S/C25H24O7/c1-13-17-11-10-16(12-18(17)29-22(26)19(13)15-8-6-5-7-9-15)28-23-21-20(30-24(27)31-21)14(2)25(3,4)32-23/h5-12,14,20-21,23H,1-4H3/t14-,20-,21+,23?/m1/s1. The number of aryl methyl sites for hydroxylation is 1. The largest absolute Gasteiger partial charge is 0.509 e. The number of ether oxygens (including phenoxy) is 4. The van der Waals surface area contributed by atoms with Gasteiger partial charge >= 0.3 is 11.8 Å². The summed E-state index contributed by atoms with van der Waals surface area (Å²) in [4.78, 5) is 24.5. The van der Waals surface area contributed by atoms with Gasteiger partial charge < -0.3 is 23.4 Å². The van der Waals surface area contributed by atoms with Gasteiger partial charge in [0.15, 0.2) is 6.10 Å². The summed E-state index contributed by atoms with van der Waals surface area (Å²) >= 11 is 0. The first-order chi connectivity index (χ1) is 15.2. The molecule has 0 amide bonds. The van der Waals surface area contributed by atoms with Crippen molar-refractivity contribution in [3.05, 3.63) is 64.5 Å². The zero-order valence-corrected chi connectivity index (χ0v) is 18.3. The van der Waals surface area contributed by atoms with Gasteiger partial charge in [-0.1, -0.05) is 37.3 Å². The fourth-order valence-electron chi connectivity index (χ4n) is 4.42. The van der Waals surface area contributed by atoms with Crippen LogP contribution >= 0.6 is 0 Å². The van der Waals surface area contributed by atoms with Crippen LogP contribution in [0, 0.1) is 12.8 Å². The molecular formula is C25H24O7. The molecule has 7 heteroatoms. The van der Waals surface area contributed by atoms with Gasteiger partial charge in [0.05, 0.1) is 11.2 Å². The monoisotopic (exact) mass is 436 g/mol. The van der Waals surface area contributed by atoms with Crippen molar-refractivity contribution < 1.29 is 28.2 Å². The van der Waals surface area contributed by atoms with Crippen LogP contribution in [-0.2, 0) is 14.2 Å². The molecular weight excluding hydrogens is 412 g/mol. The van der Waals surface area contributed by atoms with Crippen LogP contribution in [0.2, 0.25) is 0 Å². The minimum atomic E-state index is -0.855. The molecule has 1 unspecified atom stereocenters. The average Bonchev–Trinajstić information content (AvgIpc) is 3.14. The molecule has 3 aromatic rings. The topological polar surface area (TPSA) is 84.2 Å². The van der Waals surface area contributed by atoms with Crippen molar-refractivity contribution in [1.82, 2.24) is 0 Å². The lowest BCUT2D eigenvalue weighted by Crippen LogP contribution is -2.58. The Hall–Kier alpha value is -3.32. The maximum Gasteiger partial charge on any atom is 0.509 e. The minimum Gasteiger partial charge on any atom is -0.461 e. The van der Waals surface area contributed by atoms with E-state index >= 15 is 0 Å². The number of benzene rings is 2. The molecule has 1 aromatic heterocycles. The molecule has 2 aliphatic heterocycles. The summed E-state index contributed by atoms with van der Waals surface area (Å²) < 4.78 is 28.5. The Labute approximate surface area is 184 Å². The number of hydrogen-bond donors (Lipinski definition) is 0. The molecule has 0 N–H and O–H groups in total. The van der Waals surface area contributed by atoms with Gasteiger partial charge in [0.2, 0.25) is 12.4 Å². The van der Waals surface area contributed by atoms with Crippen LogP contribution in [0.25, 0.3) is 22.1 Å². The van der Waals surface area contributed by atoms with Crippen LogP contribution in [0.5, 0.6) is 5.75 Å². The molecule has 0 aliphatic carbocycles. The molecule has 0 spiro atoms. The van der Waals surface area contributed by atoms with Gasteiger partial charge in [-0.2, -0.15) is 0 Å².